The first-order chi connectivity index (χ1) is 20.1. The van der Waals surface area contributed by atoms with E-state index in [1.165, 1.54) is 27.7 Å². The van der Waals surface area contributed by atoms with Gasteiger partial charge in [-0.2, -0.15) is 0 Å². The monoisotopic (exact) mass is 605 g/mol. The Balaban J connectivity index is 2.83. The molecule has 4 N–H and O–H groups in total. The fraction of sp³-hybridized carbons (Fsp3) is 0.667. The van der Waals surface area contributed by atoms with Gasteiger partial charge in [0, 0.05) is 63.7 Å². The van der Waals surface area contributed by atoms with E-state index in [1.807, 2.05) is 6.92 Å². The number of carbonyl (C=O) groups excluding carboxylic acids is 4. The number of carbonyl (C=O) groups is 5. The number of rotatable bonds is 23. The van der Waals surface area contributed by atoms with Crippen molar-refractivity contribution in [3.8, 4) is 0 Å². The second-order valence-electron chi connectivity index (χ2n) is 12.1. The summed E-state index contributed by atoms with van der Waals surface area (Å²) in [5.41, 5.74) is -1.51. The fourth-order valence-corrected chi connectivity index (χ4v) is 4.66. The first-order valence-corrected chi connectivity index (χ1v) is 15.2. The number of aliphatic carboxylic acids is 1. The Morgan fingerprint density at radius 3 is 2.00 bits per heavy atom. The molecule has 0 saturated carbocycles. The predicted molar refractivity (Wildman–Crippen MR) is 162 cm³/mol. The highest BCUT2D eigenvalue weighted by Gasteiger charge is 2.39. The topological polar surface area (TPSA) is 167 Å². The van der Waals surface area contributed by atoms with E-state index >= 15 is 0 Å². The van der Waals surface area contributed by atoms with Crippen LogP contribution in [0.5, 0.6) is 0 Å². The van der Waals surface area contributed by atoms with Gasteiger partial charge in [-0.3, -0.25) is 19.2 Å². The highest BCUT2D eigenvalue weighted by Crippen LogP contribution is 2.32. The standard InChI is InChI=1S/C33H51NO9/c1-6-18-43-19-8-7-9-28(36)26(21-29(37)25(20-23(2)35)13-17-31(39)40)12-16-30(38)34-22-24-10-14-27(15-11-24)33(5,42)32(3,4)41/h10-11,14-15,25-26,41-42H,6-9,12-13,16-22H2,1-5H3,(H,34,38)(H,39,40). The van der Waals surface area contributed by atoms with Gasteiger partial charge in [0.05, 0.1) is 5.60 Å². The van der Waals surface area contributed by atoms with Gasteiger partial charge < -0.3 is 30.2 Å². The molecule has 10 heteroatoms. The molecule has 1 rings (SSSR count). The minimum Gasteiger partial charge on any atom is -0.481 e. The minimum atomic E-state index is -1.46. The maximum Gasteiger partial charge on any atom is 0.303 e. The van der Waals surface area contributed by atoms with E-state index in [-0.39, 0.29) is 74.7 Å². The Morgan fingerprint density at radius 1 is 0.837 bits per heavy atom. The molecule has 43 heavy (non-hydrogen) atoms. The van der Waals surface area contributed by atoms with Crippen molar-refractivity contribution in [1.82, 2.24) is 5.32 Å². The molecule has 3 atom stereocenters. The van der Waals surface area contributed by atoms with E-state index < -0.39 is 29.0 Å². The van der Waals surface area contributed by atoms with E-state index in [9.17, 15) is 34.2 Å². The van der Waals surface area contributed by atoms with Gasteiger partial charge in [-0.05, 0) is 70.9 Å². The van der Waals surface area contributed by atoms with Crippen molar-refractivity contribution in [3.05, 3.63) is 35.4 Å². The van der Waals surface area contributed by atoms with Crippen LogP contribution >= 0.6 is 0 Å². The molecular formula is C33H51NO9. The van der Waals surface area contributed by atoms with Crippen molar-refractivity contribution in [2.24, 2.45) is 11.8 Å². The molecule has 1 amide bonds. The summed E-state index contributed by atoms with van der Waals surface area (Å²) in [5, 5.41) is 32.8. The Morgan fingerprint density at radius 2 is 1.44 bits per heavy atom. The van der Waals surface area contributed by atoms with Crippen molar-refractivity contribution < 1.29 is 44.0 Å². The van der Waals surface area contributed by atoms with Crippen LogP contribution in [0.1, 0.15) is 110 Å². The molecule has 0 fully saturated rings. The molecule has 0 heterocycles. The molecule has 0 bridgehead atoms. The predicted octanol–water partition coefficient (Wildman–Crippen LogP) is 4.26. The number of ether oxygens (including phenoxy) is 1. The van der Waals surface area contributed by atoms with Crippen LogP contribution in [-0.2, 0) is 40.9 Å². The number of carboxylic acids is 1. The highest BCUT2D eigenvalue weighted by atomic mass is 16.5. The highest BCUT2D eigenvalue weighted by molar-refractivity contribution is 5.92. The summed E-state index contributed by atoms with van der Waals surface area (Å²) in [6.07, 6.45) is 2.15. The molecule has 0 aromatic heterocycles. The molecule has 0 aliphatic carbocycles. The molecular weight excluding hydrogens is 554 g/mol. The van der Waals surface area contributed by atoms with Crippen molar-refractivity contribution in [2.75, 3.05) is 13.2 Å². The molecule has 3 unspecified atom stereocenters. The van der Waals surface area contributed by atoms with Gasteiger partial charge in [0.25, 0.3) is 0 Å². The van der Waals surface area contributed by atoms with E-state index in [1.54, 1.807) is 24.3 Å². The Labute approximate surface area is 255 Å². The van der Waals surface area contributed by atoms with E-state index in [2.05, 4.69) is 5.32 Å². The smallest absolute Gasteiger partial charge is 0.303 e. The van der Waals surface area contributed by atoms with Crippen molar-refractivity contribution >= 4 is 29.2 Å². The molecule has 0 spiro atoms. The normalized spacial score (nSPS) is 14.4. The van der Waals surface area contributed by atoms with E-state index in [0.29, 0.717) is 31.6 Å². The number of nitrogens with one attached hydrogen (secondary N) is 1. The molecule has 242 valence electrons. The van der Waals surface area contributed by atoms with Crippen LogP contribution in [0.2, 0.25) is 0 Å². The number of amides is 1. The first-order valence-electron chi connectivity index (χ1n) is 15.2. The summed E-state index contributed by atoms with van der Waals surface area (Å²) < 4.78 is 5.46. The van der Waals surface area contributed by atoms with Crippen molar-refractivity contribution in [3.63, 3.8) is 0 Å². The summed E-state index contributed by atoms with van der Waals surface area (Å²) >= 11 is 0. The third-order valence-corrected chi connectivity index (χ3v) is 7.83. The van der Waals surface area contributed by atoms with Crippen molar-refractivity contribution in [2.45, 2.75) is 117 Å². The summed E-state index contributed by atoms with van der Waals surface area (Å²) in [6.45, 7) is 9.34. The lowest BCUT2D eigenvalue weighted by atomic mass is 9.81. The zero-order valence-corrected chi connectivity index (χ0v) is 26.4. The molecule has 0 radical (unpaired) electrons. The van der Waals surface area contributed by atoms with Crippen molar-refractivity contribution in [1.29, 1.82) is 0 Å². The number of aliphatic hydroxyl groups is 2. The van der Waals surface area contributed by atoms with Crippen LogP contribution in [-0.4, -0.2) is 63.4 Å². The lowest BCUT2D eigenvalue weighted by Gasteiger charge is -2.36. The number of carboxylic acid groups (broad SMARTS) is 1. The Hall–Kier alpha value is -2.95. The van der Waals surface area contributed by atoms with Crippen LogP contribution in [0.3, 0.4) is 0 Å². The maximum absolute atomic E-state index is 13.1. The molecule has 1 aromatic rings. The lowest BCUT2D eigenvalue weighted by Crippen LogP contribution is -2.44. The minimum absolute atomic E-state index is 0.0152. The third kappa shape index (κ3) is 14.4. The van der Waals surface area contributed by atoms with Gasteiger partial charge in [0.1, 0.15) is 23.0 Å². The van der Waals surface area contributed by atoms with Crippen LogP contribution in [0, 0.1) is 11.8 Å². The van der Waals surface area contributed by atoms with Gasteiger partial charge in [-0.15, -0.1) is 0 Å². The van der Waals surface area contributed by atoms with Gasteiger partial charge in [-0.25, -0.2) is 0 Å². The van der Waals surface area contributed by atoms with E-state index in [4.69, 9.17) is 9.84 Å². The second-order valence-corrected chi connectivity index (χ2v) is 12.1. The Kier molecular flexibility index (Phi) is 16.5. The zero-order valence-electron chi connectivity index (χ0n) is 26.4. The largest absolute Gasteiger partial charge is 0.481 e. The number of hydrogen-bond acceptors (Lipinski definition) is 8. The summed E-state index contributed by atoms with van der Waals surface area (Å²) in [4.78, 5) is 61.7. The molecule has 0 aliphatic rings. The van der Waals surface area contributed by atoms with Crippen LogP contribution in [0.4, 0.5) is 0 Å². The van der Waals surface area contributed by atoms with Gasteiger partial charge >= 0.3 is 5.97 Å². The summed E-state index contributed by atoms with van der Waals surface area (Å²) in [7, 11) is 0. The van der Waals surface area contributed by atoms with Gasteiger partial charge in [-0.1, -0.05) is 31.2 Å². The summed E-state index contributed by atoms with van der Waals surface area (Å²) in [6, 6.07) is 6.87. The summed E-state index contributed by atoms with van der Waals surface area (Å²) in [5.74, 6) is -3.54. The average molecular weight is 606 g/mol. The van der Waals surface area contributed by atoms with Crippen LogP contribution in [0.15, 0.2) is 24.3 Å². The first kappa shape index (κ1) is 38.1. The molecule has 0 saturated heterocycles. The number of ketones is 3. The van der Waals surface area contributed by atoms with Crippen LogP contribution in [0.25, 0.3) is 0 Å². The number of Topliss-reactive ketones (excluding diaryl/α,β-unsaturated/α-hetero) is 3. The molecule has 0 aliphatic heterocycles. The van der Waals surface area contributed by atoms with Gasteiger partial charge in [0.15, 0.2) is 0 Å². The fourth-order valence-electron chi connectivity index (χ4n) is 4.66. The number of unbranched alkanes of at least 4 members (excludes halogenated alkanes) is 1. The quantitative estimate of drug-likeness (QED) is 0.133. The maximum atomic E-state index is 13.1. The number of hydrogen-bond donors (Lipinski definition) is 4. The Bertz CT molecular complexity index is 1060. The van der Waals surface area contributed by atoms with Crippen LogP contribution < -0.4 is 5.32 Å². The lowest BCUT2D eigenvalue weighted by molar-refractivity contribution is -0.138. The van der Waals surface area contributed by atoms with Gasteiger partial charge in [0.2, 0.25) is 5.91 Å². The molecule has 1 aromatic carbocycles. The average Bonchev–Trinajstić information content (AvgIpc) is 2.93. The number of benzene rings is 1. The zero-order chi connectivity index (χ0) is 32.6. The third-order valence-electron chi connectivity index (χ3n) is 7.83. The second kappa shape index (κ2) is 18.7. The molecule has 10 nitrogen and oxygen atoms in total. The SMILES string of the molecule is CCCOCCCCC(=O)C(CCC(=O)NCc1ccc(C(C)(O)C(C)(C)O)cc1)CC(=O)C(CCC(=O)O)CC(C)=O. The van der Waals surface area contributed by atoms with E-state index in [0.717, 1.165) is 12.0 Å².